The summed E-state index contributed by atoms with van der Waals surface area (Å²) in [4.78, 5) is 12.4. The van der Waals surface area contributed by atoms with Crippen LogP contribution in [-0.2, 0) is 6.42 Å². The molecule has 156 valence electrons. The molecule has 3 aromatic rings. The fraction of sp³-hybridized carbons (Fsp3) is 0.360. The van der Waals surface area contributed by atoms with Gasteiger partial charge in [-0.25, -0.2) is 9.97 Å². The lowest BCUT2D eigenvalue weighted by molar-refractivity contribution is 0.415. The van der Waals surface area contributed by atoms with E-state index in [1.54, 1.807) is 18.9 Å². The molecule has 1 saturated carbocycles. The van der Waals surface area contributed by atoms with Crippen LogP contribution in [0.1, 0.15) is 18.9 Å². The highest BCUT2D eigenvalue weighted by Gasteiger charge is 2.45. The maximum Gasteiger partial charge on any atom is 0.225 e. The minimum Gasteiger partial charge on any atom is -0.497 e. The van der Waals surface area contributed by atoms with Crippen molar-refractivity contribution in [2.24, 2.45) is 11.8 Å². The van der Waals surface area contributed by atoms with Gasteiger partial charge in [-0.1, -0.05) is 31.2 Å². The maximum absolute atomic E-state index is 5.14. The molecule has 2 heterocycles. The normalized spacial score (nSPS) is 19.0. The third-order valence-electron chi connectivity index (χ3n) is 5.87. The van der Waals surface area contributed by atoms with Gasteiger partial charge in [0, 0.05) is 30.4 Å². The van der Waals surface area contributed by atoms with Crippen molar-refractivity contribution in [2.75, 3.05) is 31.4 Å². The van der Waals surface area contributed by atoms with Crippen molar-refractivity contribution in [1.29, 1.82) is 0 Å². The molecule has 2 unspecified atom stereocenters. The Morgan fingerprint density at radius 2 is 1.50 bits per heavy atom. The van der Waals surface area contributed by atoms with Crippen molar-refractivity contribution in [3.05, 3.63) is 66.5 Å². The third kappa shape index (κ3) is 4.96. The number of anilines is 1. The van der Waals surface area contributed by atoms with Crippen LogP contribution in [0.15, 0.2) is 65.8 Å². The van der Waals surface area contributed by atoms with Crippen LogP contribution >= 0.6 is 11.8 Å². The van der Waals surface area contributed by atoms with Gasteiger partial charge in [-0.3, -0.25) is 0 Å². The molecule has 30 heavy (non-hydrogen) atoms. The summed E-state index contributed by atoms with van der Waals surface area (Å²) in [5, 5.41) is 0. The fourth-order valence-electron chi connectivity index (χ4n) is 3.82. The number of benzene rings is 2. The molecule has 1 saturated heterocycles. The molecule has 4 nitrogen and oxygen atoms in total. The molecular formula is C25H29N3OS. The lowest BCUT2D eigenvalue weighted by Crippen LogP contribution is -2.23. The molecule has 5 rings (SSSR count). The Morgan fingerprint density at radius 3 is 2.00 bits per heavy atom. The Kier molecular flexibility index (Phi) is 6.58. The number of aromatic nitrogens is 2. The number of ether oxygens (including phenoxy) is 1. The highest BCUT2D eigenvalue weighted by Crippen LogP contribution is 2.45. The number of rotatable bonds is 5. The van der Waals surface area contributed by atoms with Gasteiger partial charge in [0.25, 0.3) is 0 Å². The fourth-order valence-corrected chi connectivity index (χ4v) is 4.23. The molecule has 2 aliphatic rings. The second-order valence-corrected chi connectivity index (χ2v) is 8.74. The minimum atomic E-state index is 0.893. The van der Waals surface area contributed by atoms with Crippen molar-refractivity contribution >= 4 is 17.7 Å². The van der Waals surface area contributed by atoms with E-state index in [4.69, 9.17) is 4.74 Å². The number of thioether (sulfide) groups is 1. The third-order valence-corrected chi connectivity index (χ3v) is 6.62. The van der Waals surface area contributed by atoms with Gasteiger partial charge in [-0.2, -0.15) is 0 Å². The first-order chi connectivity index (χ1) is 14.7. The van der Waals surface area contributed by atoms with Crippen molar-refractivity contribution in [3.8, 4) is 16.9 Å². The van der Waals surface area contributed by atoms with E-state index in [-0.39, 0.29) is 0 Å². The van der Waals surface area contributed by atoms with Crippen LogP contribution in [-0.4, -0.2) is 36.4 Å². The summed E-state index contributed by atoms with van der Waals surface area (Å²) in [5.41, 5.74) is 3.67. The molecule has 1 aliphatic heterocycles. The number of methoxy groups -OCH3 is 1. The molecule has 5 heteroatoms. The highest BCUT2D eigenvalue weighted by atomic mass is 32.2. The van der Waals surface area contributed by atoms with Gasteiger partial charge in [-0.15, -0.1) is 11.8 Å². The van der Waals surface area contributed by atoms with E-state index < -0.39 is 0 Å². The number of hydrogen-bond donors (Lipinski definition) is 0. The molecule has 2 atom stereocenters. The zero-order valence-corrected chi connectivity index (χ0v) is 18.7. The van der Waals surface area contributed by atoms with Crippen molar-refractivity contribution in [2.45, 2.75) is 24.7 Å². The summed E-state index contributed by atoms with van der Waals surface area (Å²) in [7, 11) is 1.68. The molecule has 0 spiro atoms. The lowest BCUT2D eigenvalue weighted by atomic mass is 10.1. The van der Waals surface area contributed by atoms with Crippen LogP contribution in [0, 0.1) is 11.8 Å². The van der Waals surface area contributed by atoms with Gasteiger partial charge in [0.2, 0.25) is 5.95 Å². The predicted molar refractivity (Wildman–Crippen MR) is 125 cm³/mol. The van der Waals surface area contributed by atoms with Crippen LogP contribution in [0.5, 0.6) is 5.75 Å². The molecule has 0 bridgehead atoms. The van der Waals surface area contributed by atoms with Gasteiger partial charge in [0.1, 0.15) is 5.75 Å². The number of piperidine rings is 1. The highest BCUT2D eigenvalue weighted by molar-refractivity contribution is 7.98. The smallest absolute Gasteiger partial charge is 0.225 e. The molecule has 2 aromatic carbocycles. The van der Waals surface area contributed by atoms with Gasteiger partial charge >= 0.3 is 0 Å². The first kappa shape index (κ1) is 20.7. The van der Waals surface area contributed by atoms with Crippen LogP contribution < -0.4 is 9.64 Å². The van der Waals surface area contributed by atoms with Gasteiger partial charge in [-0.05, 0) is 71.9 Å². The van der Waals surface area contributed by atoms with E-state index in [0.29, 0.717) is 0 Å². The van der Waals surface area contributed by atoms with E-state index in [1.165, 1.54) is 41.1 Å². The lowest BCUT2D eigenvalue weighted by Gasteiger charge is -2.17. The molecule has 1 aromatic heterocycles. The topological polar surface area (TPSA) is 38.2 Å². The second kappa shape index (κ2) is 9.52. The number of aryl methyl sites for hydroxylation is 1. The first-order valence-electron chi connectivity index (χ1n) is 10.5. The van der Waals surface area contributed by atoms with Crippen LogP contribution in [0.3, 0.4) is 0 Å². The summed E-state index contributed by atoms with van der Waals surface area (Å²) in [5.74, 6) is 3.72. The Bertz CT molecular complexity index is 886. The monoisotopic (exact) mass is 419 g/mol. The molecular weight excluding hydrogens is 390 g/mol. The first-order valence-corrected chi connectivity index (χ1v) is 11.8. The summed E-state index contributed by atoms with van der Waals surface area (Å²) in [6, 6.07) is 16.7. The molecule has 0 amide bonds. The molecule has 2 fully saturated rings. The zero-order chi connectivity index (χ0) is 20.9. The van der Waals surface area contributed by atoms with E-state index in [1.807, 2.05) is 24.5 Å². The van der Waals surface area contributed by atoms with Gasteiger partial charge in [0.15, 0.2) is 0 Å². The standard InChI is InChI=1S/C14H14OS.C11H15N3/c1-15-13-7-3-11(4-8-13)12-5-9-14(16-2)10-6-12;1-2-8-4-12-11(13-5-8)14-6-9-3-10(9)7-14/h3-10H,1-2H3;4-5,9-10H,2-3,6-7H2,1H3. The van der Waals surface area contributed by atoms with Crippen LogP contribution in [0.2, 0.25) is 0 Å². The van der Waals surface area contributed by atoms with Crippen LogP contribution in [0.25, 0.3) is 11.1 Å². The van der Waals surface area contributed by atoms with Gasteiger partial charge in [0.05, 0.1) is 7.11 Å². The minimum absolute atomic E-state index is 0.893. The number of hydrogen-bond acceptors (Lipinski definition) is 5. The SMILES string of the molecule is CCc1cnc(N2CC3CC3C2)nc1.COc1ccc(-c2ccc(SC)cc2)cc1. The van der Waals surface area contributed by atoms with Crippen LogP contribution in [0.4, 0.5) is 5.95 Å². The summed E-state index contributed by atoms with van der Waals surface area (Å²) < 4.78 is 5.14. The Labute approximate surface area is 183 Å². The summed E-state index contributed by atoms with van der Waals surface area (Å²) in [6.45, 7) is 4.48. The second-order valence-electron chi connectivity index (χ2n) is 7.86. The average Bonchev–Trinajstić information content (AvgIpc) is 3.44. The van der Waals surface area contributed by atoms with Crippen molar-refractivity contribution < 1.29 is 4.74 Å². The molecule has 1 aliphatic carbocycles. The Hall–Kier alpha value is -2.53. The van der Waals surface area contributed by atoms with E-state index in [9.17, 15) is 0 Å². The van der Waals surface area contributed by atoms with Gasteiger partial charge < -0.3 is 9.64 Å². The predicted octanol–water partition coefficient (Wildman–Crippen LogP) is 5.58. The zero-order valence-electron chi connectivity index (χ0n) is 17.9. The Morgan fingerprint density at radius 1 is 0.933 bits per heavy atom. The Balaban J connectivity index is 0.000000146. The average molecular weight is 420 g/mol. The molecule has 0 radical (unpaired) electrons. The van der Waals surface area contributed by atoms with Crippen molar-refractivity contribution in [1.82, 2.24) is 9.97 Å². The largest absolute Gasteiger partial charge is 0.497 e. The maximum atomic E-state index is 5.14. The van der Waals surface area contributed by atoms with E-state index >= 15 is 0 Å². The van der Waals surface area contributed by atoms with Crippen molar-refractivity contribution in [3.63, 3.8) is 0 Å². The molecule has 0 N–H and O–H groups in total. The van der Waals surface area contributed by atoms with E-state index in [0.717, 1.165) is 30.0 Å². The number of fused-ring (bicyclic) bond motifs is 1. The quantitative estimate of drug-likeness (QED) is 0.505. The summed E-state index contributed by atoms with van der Waals surface area (Å²) in [6.07, 6.45) is 8.44. The number of nitrogens with zero attached hydrogens (tertiary/aromatic N) is 3. The summed E-state index contributed by atoms with van der Waals surface area (Å²) >= 11 is 1.76. The van der Waals surface area contributed by atoms with E-state index in [2.05, 4.69) is 64.4 Å².